The summed E-state index contributed by atoms with van der Waals surface area (Å²) < 4.78 is 11.7. The van der Waals surface area contributed by atoms with Crippen LogP contribution in [0.15, 0.2) is 42.5 Å². The van der Waals surface area contributed by atoms with Crippen molar-refractivity contribution in [3.8, 4) is 5.75 Å². The van der Waals surface area contributed by atoms with Crippen molar-refractivity contribution in [3.05, 3.63) is 64.3 Å². The van der Waals surface area contributed by atoms with Crippen LogP contribution in [0, 0.1) is 11.3 Å². The number of aromatic amines is 1. The summed E-state index contributed by atoms with van der Waals surface area (Å²) >= 11 is 6.31. The molecule has 0 saturated heterocycles. The maximum absolute atomic E-state index is 13.3. The quantitative estimate of drug-likeness (QED) is 0.344. The molecule has 2 aliphatic rings. The number of ether oxygens (including phenoxy) is 2. The van der Waals surface area contributed by atoms with Gasteiger partial charge >= 0.3 is 6.09 Å². The molecule has 7 nitrogen and oxygen atoms in total. The van der Waals surface area contributed by atoms with E-state index in [1.165, 1.54) is 12.0 Å². The number of hydrogen-bond donors (Lipinski definition) is 3. The van der Waals surface area contributed by atoms with Gasteiger partial charge in [0.1, 0.15) is 11.8 Å². The molecule has 0 bridgehead atoms. The van der Waals surface area contributed by atoms with E-state index in [2.05, 4.69) is 4.98 Å². The highest BCUT2D eigenvalue weighted by molar-refractivity contribution is 6.31. The molecule has 1 saturated carbocycles. The average Bonchev–Trinajstić information content (AvgIpc) is 3.26. The van der Waals surface area contributed by atoms with E-state index in [0.717, 1.165) is 35.0 Å². The Balaban J connectivity index is 1.43. The first kappa shape index (κ1) is 25.9. The second-order valence-corrected chi connectivity index (χ2v) is 10.9. The van der Waals surface area contributed by atoms with E-state index in [4.69, 9.17) is 21.1 Å². The molecule has 198 valence electrons. The zero-order valence-electron chi connectivity index (χ0n) is 21.2. The zero-order chi connectivity index (χ0) is 26.0. The number of nitrogens with zero attached hydrogens (tertiary/aromatic N) is 1. The zero-order valence-corrected chi connectivity index (χ0v) is 22.0. The van der Waals surface area contributed by atoms with Gasteiger partial charge in [-0.15, -0.1) is 0 Å². The van der Waals surface area contributed by atoms with Gasteiger partial charge < -0.3 is 24.7 Å². The van der Waals surface area contributed by atoms with Crippen molar-refractivity contribution < 1.29 is 24.5 Å². The third-order valence-electron chi connectivity index (χ3n) is 8.15. The van der Waals surface area contributed by atoms with Gasteiger partial charge in [-0.3, -0.25) is 4.90 Å². The van der Waals surface area contributed by atoms with Crippen LogP contribution < -0.4 is 4.74 Å². The van der Waals surface area contributed by atoms with E-state index >= 15 is 0 Å². The Bertz CT molecular complexity index is 1220. The summed E-state index contributed by atoms with van der Waals surface area (Å²) in [5.74, 6) is 1.12. The minimum atomic E-state index is -0.677. The van der Waals surface area contributed by atoms with E-state index in [0.29, 0.717) is 42.7 Å². The van der Waals surface area contributed by atoms with E-state index in [1.54, 1.807) is 0 Å². The molecule has 1 fully saturated rings. The molecule has 2 heterocycles. The largest absolute Gasteiger partial charge is 0.493 e. The third kappa shape index (κ3) is 5.17. The van der Waals surface area contributed by atoms with E-state index in [-0.39, 0.29) is 32.0 Å². The molecule has 5 rings (SSSR count). The van der Waals surface area contributed by atoms with Crippen LogP contribution in [0.1, 0.15) is 55.5 Å². The molecule has 1 aromatic heterocycles. The first-order valence-corrected chi connectivity index (χ1v) is 13.5. The second kappa shape index (κ2) is 10.9. The van der Waals surface area contributed by atoms with Gasteiger partial charge in [0.15, 0.2) is 0 Å². The smallest absolute Gasteiger partial charge is 0.410 e. The maximum Gasteiger partial charge on any atom is 0.410 e. The number of hydrogen-bond acceptors (Lipinski definition) is 5. The highest BCUT2D eigenvalue weighted by Gasteiger charge is 2.36. The Hall–Kier alpha value is -2.74. The van der Waals surface area contributed by atoms with Gasteiger partial charge in [0.05, 0.1) is 31.8 Å². The van der Waals surface area contributed by atoms with Crippen molar-refractivity contribution in [2.24, 2.45) is 11.3 Å². The summed E-state index contributed by atoms with van der Waals surface area (Å²) in [6, 6.07) is 13.2. The summed E-state index contributed by atoms with van der Waals surface area (Å²) in [4.78, 5) is 18.6. The fourth-order valence-electron chi connectivity index (χ4n) is 5.19. The Labute approximate surface area is 222 Å². The summed E-state index contributed by atoms with van der Waals surface area (Å²) in [7, 11) is 0. The molecule has 1 amide bonds. The van der Waals surface area contributed by atoms with Gasteiger partial charge in [0.2, 0.25) is 0 Å². The van der Waals surface area contributed by atoms with E-state index in [1.807, 2.05) is 54.3 Å². The highest BCUT2D eigenvalue weighted by atomic mass is 35.5. The standard InChI is InChI=1S/C29H35ClN2O5/c1-2-29(16-33,17-34)18-37-22-9-6-20(7-10-22)27-26-23(24-14-21(30)8-11-25(24)31-26)12-13-32(27)28(35)36-15-19-4-3-5-19/h6-11,14,19,27,31,33-34H,2-5,12-13,15-18H2,1H3/t27-/m0/s1. The lowest BCUT2D eigenvalue weighted by Gasteiger charge is -2.36. The molecule has 0 unspecified atom stereocenters. The number of H-pyrrole nitrogens is 1. The summed E-state index contributed by atoms with van der Waals surface area (Å²) in [6.07, 6.45) is 4.48. The minimum Gasteiger partial charge on any atom is -0.493 e. The van der Waals surface area contributed by atoms with Crippen LogP contribution in [0.2, 0.25) is 5.02 Å². The van der Waals surface area contributed by atoms with Crippen LogP contribution in [0.3, 0.4) is 0 Å². The molecule has 1 atom stereocenters. The predicted molar refractivity (Wildman–Crippen MR) is 143 cm³/mol. The number of aromatic nitrogens is 1. The maximum atomic E-state index is 13.3. The van der Waals surface area contributed by atoms with Gasteiger partial charge in [-0.05, 0) is 73.1 Å². The highest BCUT2D eigenvalue weighted by Crippen LogP contribution is 2.40. The molecule has 0 radical (unpaired) electrons. The van der Waals surface area contributed by atoms with Crippen molar-refractivity contribution in [2.45, 2.75) is 45.1 Å². The normalized spacial score (nSPS) is 17.9. The van der Waals surface area contributed by atoms with Gasteiger partial charge in [-0.1, -0.05) is 37.1 Å². The Morgan fingerprint density at radius 3 is 2.57 bits per heavy atom. The number of aliphatic hydroxyl groups is 2. The Kier molecular flexibility index (Phi) is 7.65. The van der Waals surface area contributed by atoms with Crippen molar-refractivity contribution >= 4 is 28.6 Å². The fraction of sp³-hybridized carbons (Fsp3) is 0.483. The molecular weight excluding hydrogens is 492 g/mol. The topological polar surface area (TPSA) is 95.0 Å². The predicted octanol–water partition coefficient (Wildman–Crippen LogP) is 5.47. The van der Waals surface area contributed by atoms with Crippen molar-refractivity contribution in [1.82, 2.24) is 9.88 Å². The number of carbonyl (C=O) groups excluding carboxylic acids is 1. The van der Waals surface area contributed by atoms with E-state index < -0.39 is 5.41 Å². The number of halogens is 1. The van der Waals surface area contributed by atoms with Crippen molar-refractivity contribution in [2.75, 3.05) is 33.0 Å². The van der Waals surface area contributed by atoms with Crippen LogP contribution >= 0.6 is 11.6 Å². The van der Waals surface area contributed by atoms with Gasteiger partial charge in [-0.2, -0.15) is 0 Å². The molecule has 1 aliphatic carbocycles. The number of nitrogens with one attached hydrogen (secondary N) is 1. The lowest BCUT2D eigenvalue weighted by Crippen LogP contribution is -2.41. The first-order valence-electron chi connectivity index (χ1n) is 13.1. The van der Waals surface area contributed by atoms with E-state index in [9.17, 15) is 15.0 Å². The molecule has 0 spiro atoms. The molecule has 2 aromatic carbocycles. The molecular formula is C29H35ClN2O5. The second-order valence-electron chi connectivity index (χ2n) is 10.5. The number of aliphatic hydroxyl groups excluding tert-OH is 2. The van der Waals surface area contributed by atoms with Crippen LogP contribution in [0.25, 0.3) is 10.9 Å². The van der Waals surface area contributed by atoms with Crippen molar-refractivity contribution in [1.29, 1.82) is 0 Å². The molecule has 3 aromatic rings. The number of rotatable bonds is 9. The van der Waals surface area contributed by atoms with Gasteiger partial charge in [0, 0.05) is 28.2 Å². The van der Waals surface area contributed by atoms with Crippen LogP contribution in [0.4, 0.5) is 4.79 Å². The number of amides is 1. The minimum absolute atomic E-state index is 0.148. The van der Waals surface area contributed by atoms with Gasteiger partial charge in [0.25, 0.3) is 0 Å². The lowest BCUT2D eigenvalue weighted by molar-refractivity contribution is 0.0114. The van der Waals surface area contributed by atoms with Crippen molar-refractivity contribution in [3.63, 3.8) is 0 Å². The van der Waals surface area contributed by atoms with Crippen LogP contribution in [0.5, 0.6) is 5.75 Å². The van der Waals surface area contributed by atoms with Gasteiger partial charge in [-0.25, -0.2) is 4.79 Å². The molecule has 1 aliphatic heterocycles. The fourth-order valence-corrected chi connectivity index (χ4v) is 5.36. The Morgan fingerprint density at radius 2 is 1.92 bits per heavy atom. The molecule has 37 heavy (non-hydrogen) atoms. The lowest BCUT2D eigenvalue weighted by atomic mass is 9.86. The summed E-state index contributed by atoms with van der Waals surface area (Å²) in [6.45, 7) is 2.86. The average molecular weight is 527 g/mol. The number of benzene rings is 2. The van der Waals surface area contributed by atoms with Crippen LogP contribution in [-0.2, 0) is 11.2 Å². The molecule has 3 N–H and O–H groups in total. The molecule has 8 heteroatoms. The van der Waals surface area contributed by atoms with Crippen LogP contribution in [-0.4, -0.2) is 59.2 Å². The summed E-state index contributed by atoms with van der Waals surface area (Å²) in [5.41, 5.74) is 3.40. The summed E-state index contributed by atoms with van der Waals surface area (Å²) in [5, 5.41) is 21.2. The number of fused-ring (bicyclic) bond motifs is 3. The first-order chi connectivity index (χ1) is 18.0. The third-order valence-corrected chi connectivity index (χ3v) is 8.39. The Morgan fingerprint density at radius 1 is 1.16 bits per heavy atom. The SMILES string of the molecule is CCC(CO)(CO)COc1ccc([C@H]2c3[nH]c4ccc(Cl)cc4c3CCN2C(=O)OCC2CCC2)cc1. The number of carbonyl (C=O) groups is 1. The monoisotopic (exact) mass is 526 g/mol.